The molecule has 6 nitrogen and oxygen atoms in total. The Morgan fingerprint density at radius 1 is 1.29 bits per heavy atom. The molecule has 7 heteroatoms. The van der Waals surface area contributed by atoms with Crippen molar-refractivity contribution >= 4 is 17.5 Å². The van der Waals surface area contributed by atoms with E-state index in [1.54, 1.807) is 28.7 Å². The summed E-state index contributed by atoms with van der Waals surface area (Å²) in [5, 5.41) is 10.3. The van der Waals surface area contributed by atoms with Crippen LogP contribution in [0.15, 0.2) is 41.3 Å². The summed E-state index contributed by atoms with van der Waals surface area (Å²) in [6, 6.07) is 8.66. The molecule has 2 fully saturated rings. The van der Waals surface area contributed by atoms with Gasteiger partial charge in [-0.05, 0) is 43.0 Å². The van der Waals surface area contributed by atoms with Gasteiger partial charge in [-0.1, -0.05) is 29.8 Å². The SMILES string of the molecule is Cc1ccn(C2CC2)c(=O)c1C(=O)N1CCO[C@@H](CO)[C@@H]1c1ccccc1Cl. The highest BCUT2D eigenvalue weighted by molar-refractivity contribution is 6.31. The largest absolute Gasteiger partial charge is 0.394 e. The quantitative estimate of drug-likeness (QED) is 0.853. The molecular formula is C21H23ClN2O4. The van der Waals surface area contributed by atoms with Crippen LogP contribution in [0, 0.1) is 6.92 Å². The first kappa shape index (κ1) is 19.2. The number of ether oxygens (including phenoxy) is 1. The van der Waals surface area contributed by atoms with E-state index in [-0.39, 0.29) is 29.7 Å². The maximum absolute atomic E-state index is 13.5. The number of rotatable bonds is 4. The van der Waals surface area contributed by atoms with Crippen LogP contribution >= 0.6 is 11.6 Å². The summed E-state index contributed by atoms with van der Waals surface area (Å²) in [4.78, 5) is 28.2. The number of hydrogen-bond donors (Lipinski definition) is 1. The number of halogens is 1. The molecule has 2 heterocycles. The van der Waals surface area contributed by atoms with Crippen LogP contribution in [-0.2, 0) is 4.74 Å². The lowest BCUT2D eigenvalue weighted by atomic mass is 9.97. The van der Waals surface area contributed by atoms with Crippen LogP contribution in [0.2, 0.25) is 5.02 Å². The topological polar surface area (TPSA) is 71.8 Å². The van der Waals surface area contributed by atoms with Gasteiger partial charge in [-0.2, -0.15) is 0 Å². The zero-order valence-corrected chi connectivity index (χ0v) is 16.4. The van der Waals surface area contributed by atoms with Gasteiger partial charge in [0.15, 0.2) is 0 Å². The fraction of sp³-hybridized carbons (Fsp3) is 0.429. The average molecular weight is 403 g/mol. The third kappa shape index (κ3) is 3.36. The highest BCUT2D eigenvalue weighted by atomic mass is 35.5. The maximum atomic E-state index is 13.5. The molecule has 1 saturated heterocycles. The normalized spacial score (nSPS) is 22.3. The molecule has 0 radical (unpaired) electrons. The van der Waals surface area contributed by atoms with Gasteiger partial charge in [0.1, 0.15) is 11.7 Å². The summed E-state index contributed by atoms with van der Waals surface area (Å²) in [6.07, 6.45) is 3.09. The van der Waals surface area contributed by atoms with E-state index in [4.69, 9.17) is 16.3 Å². The minimum Gasteiger partial charge on any atom is -0.394 e. The molecule has 1 aliphatic carbocycles. The van der Waals surface area contributed by atoms with Crippen LogP contribution < -0.4 is 5.56 Å². The first-order valence-corrected chi connectivity index (χ1v) is 9.90. The molecule has 28 heavy (non-hydrogen) atoms. The smallest absolute Gasteiger partial charge is 0.263 e. The molecular weight excluding hydrogens is 380 g/mol. The predicted molar refractivity (Wildman–Crippen MR) is 106 cm³/mol. The Bertz CT molecular complexity index is 954. The van der Waals surface area contributed by atoms with Gasteiger partial charge in [-0.3, -0.25) is 9.59 Å². The van der Waals surface area contributed by atoms with Crippen molar-refractivity contribution in [3.05, 3.63) is 68.6 Å². The molecule has 1 aromatic carbocycles. The number of hydrogen-bond acceptors (Lipinski definition) is 4. The van der Waals surface area contributed by atoms with Gasteiger partial charge in [0.25, 0.3) is 11.5 Å². The van der Waals surface area contributed by atoms with Crippen LogP contribution in [0.5, 0.6) is 0 Å². The fourth-order valence-corrected chi connectivity index (χ4v) is 4.13. The van der Waals surface area contributed by atoms with Crippen LogP contribution in [0.3, 0.4) is 0 Å². The standard InChI is InChI=1S/C21H23ClN2O4/c1-13-8-9-23(14-6-7-14)20(26)18(13)21(27)24-10-11-28-17(12-25)19(24)15-4-2-3-5-16(15)22/h2-5,8-9,14,17,19,25H,6-7,10-12H2,1H3/t17-,19-/m0/s1. The number of aromatic nitrogens is 1. The minimum absolute atomic E-state index is 0.185. The number of morpholine rings is 1. The second kappa shape index (κ2) is 7.70. The van der Waals surface area contributed by atoms with E-state index in [0.29, 0.717) is 29.3 Å². The van der Waals surface area contributed by atoms with Gasteiger partial charge >= 0.3 is 0 Å². The van der Waals surface area contributed by atoms with Gasteiger partial charge in [-0.25, -0.2) is 0 Å². The average Bonchev–Trinajstić information content (AvgIpc) is 3.53. The van der Waals surface area contributed by atoms with E-state index < -0.39 is 12.1 Å². The number of aryl methyl sites for hydroxylation is 1. The number of nitrogens with zero attached hydrogens (tertiary/aromatic N) is 2. The lowest BCUT2D eigenvalue weighted by Crippen LogP contribution is -2.51. The summed E-state index contributed by atoms with van der Waals surface area (Å²) in [7, 11) is 0. The van der Waals surface area contributed by atoms with Crippen LogP contribution in [-0.4, -0.2) is 46.3 Å². The molecule has 1 aromatic heterocycles. The molecule has 148 valence electrons. The molecule has 2 aromatic rings. The number of amides is 1. The van der Waals surface area contributed by atoms with Crippen LogP contribution in [0.4, 0.5) is 0 Å². The van der Waals surface area contributed by atoms with Gasteiger partial charge in [0, 0.05) is 23.8 Å². The Morgan fingerprint density at radius 3 is 2.71 bits per heavy atom. The molecule has 0 unspecified atom stereocenters. The molecule has 1 saturated carbocycles. The van der Waals surface area contributed by atoms with Crippen molar-refractivity contribution in [2.45, 2.75) is 38.0 Å². The lowest BCUT2D eigenvalue weighted by molar-refractivity contribution is -0.0811. The third-order valence-electron chi connectivity index (χ3n) is 5.50. The van der Waals surface area contributed by atoms with Crippen molar-refractivity contribution in [3.63, 3.8) is 0 Å². The zero-order valence-electron chi connectivity index (χ0n) is 15.7. The summed E-state index contributed by atoms with van der Waals surface area (Å²) < 4.78 is 7.37. The summed E-state index contributed by atoms with van der Waals surface area (Å²) in [5.74, 6) is -0.343. The maximum Gasteiger partial charge on any atom is 0.263 e. The molecule has 1 N–H and O–H groups in total. The first-order valence-electron chi connectivity index (χ1n) is 9.52. The molecule has 4 rings (SSSR count). The molecule has 2 atom stereocenters. The zero-order chi connectivity index (χ0) is 19.8. The number of pyridine rings is 1. The van der Waals surface area contributed by atoms with Crippen molar-refractivity contribution in [1.29, 1.82) is 0 Å². The van der Waals surface area contributed by atoms with E-state index >= 15 is 0 Å². The van der Waals surface area contributed by atoms with E-state index in [2.05, 4.69) is 0 Å². The van der Waals surface area contributed by atoms with Crippen molar-refractivity contribution in [3.8, 4) is 0 Å². The molecule has 0 bridgehead atoms. The number of benzene rings is 1. The first-order chi connectivity index (χ1) is 13.5. The number of carbonyl (C=O) groups excluding carboxylic acids is 1. The molecule has 0 spiro atoms. The Hall–Kier alpha value is -2.15. The Morgan fingerprint density at radius 2 is 2.04 bits per heavy atom. The van der Waals surface area contributed by atoms with Crippen molar-refractivity contribution in [2.24, 2.45) is 0 Å². The lowest BCUT2D eigenvalue weighted by Gasteiger charge is -2.41. The predicted octanol–water partition coefficient (Wildman–Crippen LogP) is 2.72. The van der Waals surface area contributed by atoms with E-state index in [9.17, 15) is 14.7 Å². The number of carbonyl (C=O) groups is 1. The van der Waals surface area contributed by atoms with Gasteiger partial charge in [-0.15, -0.1) is 0 Å². The number of aliphatic hydroxyl groups is 1. The highest BCUT2D eigenvalue weighted by Gasteiger charge is 2.39. The van der Waals surface area contributed by atoms with E-state index in [1.807, 2.05) is 24.3 Å². The van der Waals surface area contributed by atoms with Crippen molar-refractivity contribution in [2.75, 3.05) is 19.8 Å². The molecule has 2 aliphatic rings. The Balaban J connectivity index is 1.78. The van der Waals surface area contributed by atoms with Gasteiger partial charge < -0.3 is 19.3 Å². The van der Waals surface area contributed by atoms with Gasteiger partial charge in [0.05, 0.1) is 19.3 Å². The van der Waals surface area contributed by atoms with Gasteiger partial charge in [0.2, 0.25) is 0 Å². The van der Waals surface area contributed by atoms with E-state index in [0.717, 1.165) is 12.8 Å². The van der Waals surface area contributed by atoms with E-state index in [1.165, 1.54) is 0 Å². The van der Waals surface area contributed by atoms with Crippen LogP contribution in [0.1, 0.15) is 46.4 Å². The fourth-order valence-electron chi connectivity index (χ4n) is 3.88. The van der Waals surface area contributed by atoms with Crippen molar-refractivity contribution in [1.82, 2.24) is 9.47 Å². The minimum atomic E-state index is -0.604. The van der Waals surface area contributed by atoms with Crippen molar-refractivity contribution < 1.29 is 14.6 Å². The summed E-state index contributed by atoms with van der Waals surface area (Å²) >= 11 is 6.39. The van der Waals surface area contributed by atoms with Crippen LogP contribution in [0.25, 0.3) is 0 Å². The third-order valence-corrected chi connectivity index (χ3v) is 5.84. The second-order valence-electron chi connectivity index (χ2n) is 7.37. The molecule has 1 amide bonds. The second-order valence-corrected chi connectivity index (χ2v) is 7.78. The Labute approximate surface area is 168 Å². The number of aliphatic hydroxyl groups excluding tert-OH is 1. The highest BCUT2D eigenvalue weighted by Crippen LogP contribution is 2.36. The summed E-state index contributed by atoms with van der Waals surface area (Å²) in [5.41, 5.74) is 1.28. The summed E-state index contributed by atoms with van der Waals surface area (Å²) in [6.45, 7) is 2.14. The monoisotopic (exact) mass is 402 g/mol. The Kier molecular flexibility index (Phi) is 5.27. The molecule has 1 aliphatic heterocycles.